The number of anilines is 1. The highest BCUT2D eigenvalue weighted by Gasteiger charge is 2.54. The largest absolute Gasteiger partial charge is 0.316 e. The fourth-order valence-corrected chi connectivity index (χ4v) is 8.50. The Kier molecular flexibility index (Phi) is 5.82. The van der Waals surface area contributed by atoms with E-state index in [1.807, 2.05) is 0 Å². The van der Waals surface area contributed by atoms with Crippen LogP contribution in [0.3, 0.4) is 0 Å². The lowest BCUT2D eigenvalue weighted by Gasteiger charge is -2.55. The van der Waals surface area contributed by atoms with Crippen molar-refractivity contribution >= 4 is 34.7 Å². The number of thiophene rings is 1. The van der Waals surface area contributed by atoms with Gasteiger partial charge < -0.3 is 5.32 Å². The van der Waals surface area contributed by atoms with Gasteiger partial charge in [0.2, 0.25) is 5.91 Å². The van der Waals surface area contributed by atoms with Crippen molar-refractivity contribution in [3.63, 3.8) is 0 Å². The Morgan fingerprint density at radius 3 is 2.41 bits per heavy atom. The summed E-state index contributed by atoms with van der Waals surface area (Å²) in [6, 6.07) is 13.0. The summed E-state index contributed by atoms with van der Waals surface area (Å²) < 4.78 is 0. The van der Waals surface area contributed by atoms with Gasteiger partial charge in [-0.3, -0.25) is 9.69 Å². The lowest BCUT2D eigenvalue weighted by molar-refractivity contribution is -0.140. The Bertz CT molecular complexity index is 1020. The third-order valence-electron chi connectivity index (χ3n) is 8.24. The summed E-state index contributed by atoms with van der Waals surface area (Å²) >= 11 is 1.64. The molecule has 7 rings (SSSR count). The second kappa shape index (κ2) is 8.48. The van der Waals surface area contributed by atoms with Crippen molar-refractivity contribution < 1.29 is 4.79 Å². The number of hydrogen-bond acceptors (Lipinski definition) is 4. The van der Waals surface area contributed by atoms with E-state index in [1.165, 1.54) is 29.7 Å². The first kappa shape index (κ1) is 21.9. The number of benzene rings is 1. The summed E-state index contributed by atoms with van der Waals surface area (Å²) in [7, 11) is 0. The molecule has 0 atom stereocenters. The van der Waals surface area contributed by atoms with Crippen molar-refractivity contribution in [2.75, 3.05) is 11.9 Å². The normalized spacial score (nSPS) is 30.3. The molecule has 2 heterocycles. The predicted molar refractivity (Wildman–Crippen MR) is 130 cm³/mol. The number of nitrogens with one attached hydrogen (secondary N) is 1. The molecule has 1 amide bonds. The van der Waals surface area contributed by atoms with E-state index in [1.54, 1.807) is 11.3 Å². The Morgan fingerprint density at radius 1 is 1.12 bits per heavy atom. The molecule has 0 unspecified atom stereocenters. The molecular formula is C26H30ClN3OS. The summed E-state index contributed by atoms with van der Waals surface area (Å²) in [6.07, 6.45) is 8.06. The second-order valence-electron chi connectivity index (χ2n) is 10.4. The molecule has 32 heavy (non-hydrogen) atoms. The van der Waals surface area contributed by atoms with Crippen LogP contribution < -0.4 is 5.32 Å². The van der Waals surface area contributed by atoms with E-state index in [0.717, 1.165) is 79.2 Å². The summed E-state index contributed by atoms with van der Waals surface area (Å²) in [5, 5.41) is 14.0. The first-order valence-corrected chi connectivity index (χ1v) is 12.6. The van der Waals surface area contributed by atoms with Gasteiger partial charge in [-0.15, -0.1) is 23.7 Å². The molecular weight excluding hydrogens is 438 g/mol. The molecule has 0 spiro atoms. The maximum atomic E-state index is 13.5. The van der Waals surface area contributed by atoms with Crippen LogP contribution in [0, 0.1) is 34.5 Å². The number of nitriles is 1. The molecule has 4 fully saturated rings. The zero-order valence-corrected chi connectivity index (χ0v) is 19.9. The SMILES string of the molecule is Cl.N#Cc1c(NC(=O)C23CC4CC(CC(C4)C2)C3)sc2c1CCN(Cc1ccccc1)C2. The Morgan fingerprint density at radius 2 is 1.78 bits per heavy atom. The molecule has 1 aromatic heterocycles. The topological polar surface area (TPSA) is 56.1 Å². The minimum Gasteiger partial charge on any atom is -0.316 e. The van der Waals surface area contributed by atoms with Crippen molar-refractivity contribution in [3.05, 3.63) is 51.9 Å². The van der Waals surface area contributed by atoms with E-state index in [0.29, 0.717) is 0 Å². The van der Waals surface area contributed by atoms with Crippen molar-refractivity contribution in [1.29, 1.82) is 5.26 Å². The van der Waals surface area contributed by atoms with Crippen LogP contribution in [0.15, 0.2) is 30.3 Å². The summed E-state index contributed by atoms with van der Waals surface area (Å²) in [5.41, 5.74) is 3.03. The number of carbonyl (C=O) groups is 1. The molecule has 0 radical (unpaired) electrons. The number of amides is 1. The third kappa shape index (κ3) is 3.77. The van der Waals surface area contributed by atoms with E-state index in [2.05, 4.69) is 46.6 Å². The first-order chi connectivity index (χ1) is 15.1. The fourth-order valence-electron chi connectivity index (χ4n) is 7.26. The highest BCUT2D eigenvalue weighted by Crippen LogP contribution is 2.60. The molecule has 1 aliphatic heterocycles. The van der Waals surface area contributed by atoms with Gasteiger partial charge in [0.15, 0.2) is 0 Å². The average Bonchev–Trinajstić information content (AvgIpc) is 3.09. The van der Waals surface area contributed by atoms with Gasteiger partial charge >= 0.3 is 0 Å². The summed E-state index contributed by atoms with van der Waals surface area (Å²) in [5.74, 6) is 2.43. The smallest absolute Gasteiger partial charge is 0.231 e. The first-order valence-electron chi connectivity index (χ1n) is 11.7. The Hall–Kier alpha value is -1.87. The minimum absolute atomic E-state index is 0. The molecule has 168 valence electrons. The van der Waals surface area contributed by atoms with E-state index >= 15 is 0 Å². The fraction of sp³-hybridized carbons (Fsp3) is 0.538. The van der Waals surface area contributed by atoms with Gasteiger partial charge in [-0.2, -0.15) is 5.26 Å². The van der Waals surface area contributed by atoms with Gasteiger partial charge in [0.1, 0.15) is 11.1 Å². The van der Waals surface area contributed by atoms with Crippen LogP contribution in [0.1, 0.15) is 60.1 Å². The highest BCUT2D eigenvalue weighted by atomic mass is 35.5. The van der Waals surface area contributed by atoms with Gasteiger partial charge in [0.25, 0.3) is 0 Å². The zero-order valence-electron chi connectivity index (χ0n) is 18.3. The lowest BCUT2D eigenvalue weighted by Crippen LogP contribution is -2.51. The van der Waals surface area contributed by atoms with Crippen LogP contribution >= 0.6 is 23.7 Å². The molecule has 4 nitrogen and oxygen atoms in total. The number of halogens is 1. The van der Waals surface area contributed by atoms with Gasteiger partial charge in [-0.1, -0.05) is 30.3 Å². The third-order valence-corrected chi connectivity index (χ3v) is 9.38. The van der Waals surface area contributed by atoms with E-state index in [9.17, 15) is 10.1 Å². The Labute approximate surface area is 200 Å². The molecule has 5 aliphatic rings. The number of nitrogens with zero attached hydrogens (tertiary/aromatic N) is 2. The zero-order chi connectivity index (χ0) is 21.0. The monoisotopic (exact) mass is 467 g/mol. The van der Waals surface area contributed by atoms with Crippen molar-refractivity contribution in [1.82, 2.24) is 4.90 Å². The minimum atomic E-state index is -0.175. The van der Waals surface area contributed by atoms with Crippen molar-refractivity contribution in [2.45, 2.75) is 58.0 Å². The molecule has 1 N–H and O–H groups in total. The standard InChI is InChI=1S/C26H29N3OS.ClH/c27-14-22-21-6-7-29(15-17-4-2-1-3-5-17)16-23(21)31-24(22)28-25(30)26-11-18-8-19(12-26)10-20(9-18)13-26;/h1-5,18-20H,6-13,15-16H2,(H,28,30);1H. The van der Waals surface area contributed by atoms with E-state index in [4.69, 9.17) is 0 Å². The van der Waals surface area contributed by atoms with Crippen LogP contribution in [0.5, 0.6) is 0 Å². The van der Waals surface area contributed by atoms with Crippen LogP contribution in [-0.2, 0) is 24.3 Å². The average molecular weight is 468 g/mol. The van der Waals surface area contributed by atoms with Crippen molar-refractivity contribution in [3.8, 4) is 6.07 Å². The molecule has 2 aromatic rings. The molecule has 4 aliphatic carbocycles. The van der Waals surface area contributed by atoms with Gasteiger partial charge in [0, 0.05) is 24.5 Å². The second-order valence-corrected chi connectivity index (χ2v) is 11.5. The van der Waals surface area contributed by atoms with Gasteiger partial charge in [0.05, 0.1) is 11.0 Å². The quantitative estimate of drug-likeness (QED) is 0.622. The molecule has 0 saturated heterocycles. The van der Waals surface area contributed by atoms with Crippen LogP contribution in [-0.4, -0.2) is 17.4 Å². The Balaban J connectivity index is 0.00000216. The van der Waals surface area contributed by atoms with Crippen LogP contribution in [0.2, 0.25) is 0 Å². The number of fused-ring (bicyclic) bond motifs is 1. The molecule has 4 saturated carbocycles. The molecule has 4 bridgehead atoms. The summed E-state index contributed by atoms with van der Waals surface area (Å²) in [4.78, 5) is 17.2. The lowest BCUT2D eigenvalue weighted by atomic mass is 9.49. The predicted octanol–water partition coefficient (Wildman–Crippen LogP) is 5.75. The number of carbonyl (C=O) groups excluding carboxylic acids is 1. The van der Waals surface area contributed by atoms with E-state index in [-0.39, 0.29) is 23.7 Å². The highest BCUT2D eigenvalue weighted by molar-refractivity contribution is 7.16. The maximum absolute atomic E-state index is 13.5. The molecule has 1 aromatic carbocycles. The van der Waals surface area contributed by atoms with E-state index < -0.39 is 0 Å². The number of rotatable bonds is 4. The van der Waals surface area contributed by atoms with Gasteiger partial charge in [-0.25, -0.2) is 0 Å². The van der Waals surface area contributed by atoms with Crippen LogP contribution in [0.25, 0.3) is 0 Å². The van der Waals surface area contributed by atoms with Crippen molar-refractivity contribution in [2.24, 2.45) is 23.2 Å². The van der Waals surface area contributed by atoms with Crippen LogP contribution in [0.4, 0.5) is 5.00 Å². The maximum Gasteiger partial charge on any atom is 0.231 e. The summed E-state index contributed by atoms with van der Waals surface area (Å²) in [6.45, 7) is 2.74. The van der Waals surface area contributed by atoms with Gasteiger partial charge in [-0.05, 0) is 73.8 Å². The molecule has 6 heteroatoms. The number of hydrogen-bond donors (Lipinski definition) is 1.